The van der Waals surface area contributed by atoms with E-state index in [1.54, 1.807) is 0 Å². The van der Waals surface area contributed by atoms with Crippen molar-refractivity contribution in [2.24, 2.45) is 5.92 Å². The quantitative estimate of drug-likeness (QED) is 0.669. The molecule has 2 aliphatic rings. The summed E-state index contributed by atoms with van der Waals surface area (Å²) in [5.74, 6) is -0.425. The second-order valence-electron chi connectivity index (χ2n) is 6.04. The van der Waals surface area contributed by atoms with E-state index < -0.39 is 11.5 Å². The number of ether oxygens (including phenoxy) is 1. The van der Waals surface area contributed by atoms with Gasteiger partial charge in [0.1, 0.15) is 5.54 Å². The number of nitrogens with one attached hydrogen (secondary N) is 1. The Kier molecular flexibility index (Phi) is 5.41. The second kappa shape index (κ2) is 6.87. The van der Waals surface area contributed by atoms with Crippen LogP contribution in [0.4, 0.5) is 0 Å². The van der Waals surface area contributed by atoms with Crippen LogP contribution in [0.2, 0.25) is 0 Å². The van der Waals surface area contributed by atoms with Crippen LogP contribution in [0, 0.1) is 5.92 Å². The molecule has 0 spiro atoms. The Morgan fingerprint density at radius 1 is 1.40 bits per heavy atom. The third-order valence-corrected chi connectivity index (χ3v) is 4.55. The van der Waals surface area contributed by atoms with Crippen molar-refractivity contribution in [3.8, 4) is 0 Å². The molecule has 2 N–H and O–H groups in total. The molecule has 1 saturated heterocycles. The number of rotatable bonds is 9. The van der Waals surface area contributed by atoms with Crippen LogP contribution in [0.5, 0.6) is 0 Å². The van der Waals surface area contributed by atoms with E-state index in [0.717, 1.165) is 45.4 Å². The molecule has 20 heavy (non-hydrogen) atoms. The Morgan fingerprint density at radius 2 is 2.15 bits per heavy atom. The van der Waals surface area contributed by atoms with Gasteiger partial charge in [-0.15, -0.1) is 0 Å². The van der Waals surface area contributed by atoms with Crippen LogP contribution in [-0.2, 0) is 9.53 Å². The van der Waals surface area contributed by atoms with Gasteiger partial charge in [-0.3, -0.25) is 9.69 Å². The van der Waals surface area contributed by atoms with E-state index in [9.17, 15) is 9.90 Å². The van der Waals surface area contributed by atoms with Crippen LogP contribution in [-0.4, -0.2) is 60.4 Å². The molecule has 2 fully saturated rings. The fourth-order valence-electron chi connectivity index (χ4n) is 3.27. The summed E-state index contributed by atoms with van der Waals surface area (Å²) in [5, 5.41) is 13.0. The van der Waals surface area contributed by atoms with Crippen LogP contribution >= 0.6 is 0 Å². The summed E-state index contributed by atoms with van der Waals surface area (Å²) in [4.78, 5) is 14.1. The predicted octanol–water partition coefficient (Wildman–Crippen LogP) is 1.33. The third-order valence-electron chi connectivity index (χ3n) is 4.55. The van der Waals surface area contributed by atoms with Gasteiger partial charge >= 0.3 is 5.97 Å². The lowest BCUT2D eigenvalue weighted by molar-refractivity contribution is -0.147. The molecule has 2 rings (SSSR count). The van der Waals surface area contributed by atoms with Crippen molar-refractivity contribution in [2.75, 3.05) is 32.8 Å². The van der Waals surface area contributed by atoms with Crippen molar-refractivity contribution in [3.63, 3.8) is 0 Å². The highest BCUT2D eigenvalue weighted by molar-refractivity contribution is 5.80. The fourth-order valence-corrected chi connectivity index (χ4v) is 3.27. The van der Waals surface area contributed by atoms with Crippen molar-refractivity contribution >= 4 is 5.97 Å². The lowest BCUT2D eigenvalue weighted by atomic mass is 9.92. The molecule has 1 heterocycles. The van der Waals surface area contributed by atoms with E-state index in [2.05, 4.69) is 17.1 Å². The fraction of sp³-hybridized carbons (Fsp3) is 0.933. The zero-order chi connectivity index (χ0) is 14.6. The van der Waals surface area contributed by atoms with Crippen molar-refractivity contribution in [2.45, 2.75) is 51.2 Å². The van der Waals surface area contributed by atoms with Gasteiger partial charge in [-0.1, -0.05) is 13.8 Å². The van der Waals surface area contributed by atoms with Crippen LogP contribution < -0.4 is 5.32 Å². The molecule has 2 unspecified atom stereocenters. The number of hydrogen-bond acceptors (Lipinski definition) is 4. The van der Waals surface area contributed by atoms with Gasteiger partial charge in [0.05, 0.1) is 6.10 Å². The first-order valence-corrected chi connectivity index (χ1v) is 7.94. The maximum atomic E-state index is 11.9. The standard InChI is InChI=1S/C15H28N2O3/c1-3-16-15(14(18)19,12-7-8-12)11-17(4-2)10-13-6-5-9-20-13/h12-13,16H,3-11H2,1-2H3,(H,18,19). The number of carboxylic acid groups (broad SMARTS) is 1. The first-order valence-electron chi connectivity index (χ1n) is 7.94. The van der Waals surface area contributed by atoms with Crippen LogP contribution in [0.1, 0.15) is 39.5 Å². The molecule has 0 aromatic rings. The first kappa shape index (κ1) is 15.7. The molecule has 116 valence electrons. The van der Waals surface area contributed by atoms with Crippen molar-refractivity contribution in [3.05, 3.63) is 0 Å². The highest BCUT2D eigenvalue weighted by Crippen LogP contribution is 2.40. The molecule has 1 saturated carbocycles. The van der Waals surface area contributed by atoms with E-state index in [0.29, 0.717) is 13.1 Å². The Bertz CT molecular complexity index is 327. The summed E-state index contributed by atoms with van der Waals surface area (Å²) in [6, 6.07) is 0. The molecule has 5 heteroatoms. The first-order chi connectivity index (χ1) is 9.62. The average Bonchev–Trinajstić information content (AvgIpc) is 3.16. The second-order valence-corrected chi connectivity index (χ2v) is 6.04. The van der Waals surface area contributed by atoms with Gasteiger partial charge in [0.25, 0.3) is 0 Å². The summed E-state index contributed by atoms with van der Waals surface area (Å²) < 4.78 is 5.69. The van der Waals surface area contributed by atoms with Gasteiger partial charge in [-0.05, 0) is 44.7 Å². The van der Waals surface area contributed by atoms with E-state index in [4.69, 9.17) is 4.74 Å². The summed E-state index contributed by atoms with van der Waals surface area (Å²) in [5.41, 5.74) is -0.774. The molecule has 1 aliphatic heterocycles. The predicted molar refractivity (Wildman–Crippen MR) is 77.9 cm³/mol. The topological polar surface area (TPSA) is 61.8 Å². The van der Waals surface area contributed by atoms with Gasteiger partial charge < -0.3 is 15.2 Å². The summed E-state index contributed by atoms with van der Waals surface area (Å²) >= 11 is 0. The number of carbonyl (C=O) groups is 1. The molecule has 0 aromatic carbocycles. The molecule has 2 atom stereocenters. The van der Waals surface area contributed by atoms with Gasteiger partial charge in [0.2, 0.25) is 0 Å². The highest BCUT2D eigenvalue weighted by Gasteiger charge is 2.51. The zero-order valence-corrected chi connectivity index (χ0v) is 12.7. The lowest BCUT2D eigenvalue weighted by Crippen LogP contribution is -2.61. The van der Waals surface area contributed by atoms with Gasteiger partial charge in [0, 0.05) is 19.7 Å². The summed E-state index contributed by atoms with van der Waals surface area (Å²) in [6.45, 7) is 7.92. The highest BCUT2D eigenvalue weighted by atomic mass is 16.5. The van der Waals surface area contributed by atoms with Crippen molar-refractivity contribution in [1.82, 2.24) is 10.2 Å². The largest absolute Gasteiger partial charge is 0.480 e. The Labute approximate surface area is 121 Å². The number of aliphatic carboxylic acids is 1. The minimum atomic E-state index is -0.774. The van der Waals surface area contributed by atoms with Gasteiger partial charge in [0.15, 0.2) is 0 Å². The van der Waals surface area contributed by atoms with Crippen LogP contribution in [0.25, 0.3) is 0 Å². The number of nitrogens with zero attached hydrogens (tertiary/aromatic N) is 1. The maximum Gasteiger partial charge on any atom is 0.325 e. The maximum absolute atomic E-state index is 11.9. The van der Waals surface area contributed by atoms with E-state index in [-0.39, 0.29) is 12.0 Å². The number of carboxylic acids is 1. The molecular formula is C15H28N2O3. The molecule has 0 radical (unpaired) electrons. The van der Waals surface area contributed by atoms with Gasteiger partial charge in [-0.2, -0.15) is 0 Å². The monoisotopic (exact) mass is 284 g/mol. The molecule has 1 aliphatic carbocycles. The number of hydrogen-bond donors (Lipinski definition) is 2. The molecule has 0 amide bonds. The van der Waals surface area contributed by atoms with E-state index in [1.165, 1.54) is 0 Å². The molecule has 5 nitrogen and oxygen atoms in total. The van der Waals surface area contributed by atoms with Gasteiger partial charge in [-0.25, -0.2) is 0 Å². The van der Waals surface area contributed by atoms with E-state index in [1.807, 2.05) is 6.92 Å². The zero-order valence-electron chi connectivity index (χ0n) is 12.7. The summed E-state index contributed by atoms with van der Waals surface area (Å²) in [6.07, 6.45) is 4.55. The molecule has 0 bridgehead atoms. The summed E-state index contributed by atoms with van der Waals surface area (Å²) in [7, 11) is 0. The Balaban J connectivity index is 2.01. The average molecular weight is 284 g/mol. The number of likely N-dealkylation sites (N-methyl/N-ethyl adjacent to an activating group) is 2. The van der Waals surface area contributed by atoms with Crippen molar-refractivity contribution < 1.29 is 14.6 Å². The SMILES string of the molecule is CCNC(CN(CC)CC1CCCO1)(C(=O)O)C1CC1. The minimum Gasteiger partial charge on any atom is -0.480 e. The third kappa shape index (κ3) is 3.51. The lowest BCUT2D eigenvalue weighted by Gasteiger charge is -2.36. The van der Waals surface area contributed by atoms with Crippen molar-refractivity contribution in [1.29, 1.82) is 0 Å². The minimum absolute atomic E-state index is 0.276. The van der Waals surface area contributed by atoms with Crippen LogP contribution in [0.15, 0.2) is 0 Å². The smallest absolute Gasteiger partial charge is 0.325 e. The Morgan fingerprint density at radius 3 is 2.60 bits per heavy atom. The Hall–Kier alpha value is -0.650. The normalized spacial score (nSPS) is 25.9. The molecule has 0 aromatic heterocycles. The van der Waals surface area contributed by atoms with E-state index >= 15 is 0 Å². The molecular weight excluding hydrogens is 256 g/mol. The van der Waals surface area contributed by atoms with Crippen LogP contribution in [0.3, 0.4) is 0 Å².